The Morgan fingerprint density at radius 2 is 2.32 bits per heavy atom. The highest BCUT2D eigenvalue weighted by Gasteiger charge is 2.15. The summed E-state index contributed by atoms with van der Waals surface area (Å²) in [5.41, 5.74) is 2.92. The molecule has 1 aromatic heterocycles. The lowest BCUT2D eigenvalue weighted by molar-refractivity contribution is 0.357. The third kappa shape index (κ3) is 2.85. The summed E-state index contributed by atoms with van der Waals surface area (Å²) in [5, 5.41) is 9.91. The molecule has 2 aromatic rings. The van der Waals surface area contributed by atoms with Crippen LogP contribution < -0.4 is 9.64 Å². The van der Waals surface area contributed by atoms with Gasteiger partial charge in [0.1, 0.15) is 17.4 Å². The number of fused-ring (bicyclic) bond motifs is 1. The maximum absolute atomic E-state index is 9.24. The number of benzene rings is 1. The van der Waals surface area contributed by atoms with E-state index in [0.29, 0.717) is 23.1 Å². The van der Waals surface area contributed by atoms with E-state index in [9.17, 15) is 5.26 Å². The standard InChI is InChI=1S/C16H16N4OS/c1-20(15-13(8-17)9-18-16(19-15)22-2)10-11-3-4-14-12(7-11)5-6-21-14/h3-4,7,9H,5-6,10H2,1-2H3. The Morgan fingerprint density at radius 1 is 1.45 bits per heavy atom. The molecule has 0 saturated carbocycles. The molecule has 112 valence electrons. The van der Waals surface area contributed by atoms with E-state index in [2.05, 4.69) is 28.2 Å². The monoisotopic (exact) mass is 312 g/mol. The average Bonchev–Trinajstić information content (AvgIpc) is 3.01. The van der Waals surface area contributed by atoms with Crippen molar-refractivity contribution in [3.05, 3.63) is 41.1 Å². The van der Waals surface area contributed by atoms with Gasteiger partial charge in [-0.3, -0.25) is 0 Å². The summed E-state index contributed by atoms with van der Waals surface area (Å²) in [6.07, 6.45) is 4.47. The van der Waals surface area contributed by atoms with Gasteiger partial charge in [0.2, 0.25) is 0 Å². The van der Waals surface area contributed by atoms with E-state index in [0.717, 1.165) is 18.8 Å². The van der Waals surface area contributed by atoms with Crippen LogP contribution in [0, 0.1) is 11.3 Å². The summed E-state index contributed by atoms with van der Waals surface area (Å²) in [4.78, 5) is 10.6. The second kappa shape index (κ2) is 6.24. The maximum atomic E-state index is 9.24. The normalized spacial score (nSPS) is 12.4. The number of ether oxygens (including phenoxy) is 1. The number of hydrogen-bond donors (Lipinski definition) is 0. The summed E-state index contributed by atoms with van der Waals surface area (Å²) in [6.45, 7) is 1.45. The van der Waals surface area contributed by atoms with E-state index in [4.69, 9.17) is 4.74 Å². The number of nitrogens with zero attached hydrogens (tertiary/aromatic N) is 4. The fraction of sp³-hybridized carbons (Fsp3) is 0.312. The summed E-state index contributed by atoms with van der Waals surface area (Å²) in [6, 6.07) is 8.40. The van der Waals surface area contributed by atoms with E-state index >= 15 is 0 Å². The molecular weight excluding hydrogens is 296 g/mol. The summed E-state index contributed by atoms with van der Waals surface area (Å²) >= 11 is 1.47. The predicted octanol–water partition coefficient (Wildman–Crippen LogP) is 2.64. The maximum Gasteiger partial charge on any atom is 0.189 e. The molecule has 0 N–H and O–H groups in total. The third-order valence-corrected chi connectivity index (χ3v) is 4.15. The van der Waals surface area contributed by atoms with Crippen molar-refractivity contribution in [2.45, 2.75) is 18.1 Å². The molecule has 0 radical (unpaired) electrons. The number of aromatic nitrogens is 2. The van der Waals surface area contributed by atoms with E-state index < -0.39 is 0 Å². The lowest BCUT2D eigenvalue weighted by Gasteiger charge is -2.20. The number of thioether (sulfide) groups is 1. The summed E-state index contributed by atoms with van der Waals surface area (Å²) in [5.74, 6) is 1.65. The fourth-order valence-electron chi connectivity index (χ4n) is 2.51. The van der Waals surface area contributed by atoms with Gasteiger partial charge in [0.15, 0.2) is 11.0 Å². The van der Waals surface area contributed by atoms with Crippen molar-refractivity contribution in [2.75, 3.05) is 24.8 Å². The molecule has 1 aliphatic heterocycles. The van der Waals surface area contributed by atoms with Crippen molar-refractivity contribution in [3.8, 4) is 11.8 Å². The van der Waals surface area contributed by atoms with Gasteiger partial charge in [-0.1, -0.05) is 23.9 Å². The van der Waals surface area contributed by atoms with Gasteiger partial charge in [-0.05, 0) is 23.4 Å². The largest absolute Gasteiger partial charge is 0.493 e. The van der Waals surface area contributed by atoms with Gasteiger partial charge in [-0.15, -0.1) is 0 Å². The predicted molar refractivity (Wildman–Crippen MR) is 86.3 cm³/mol. The first kappa shape index (κ1) is 14.7. The zero-order chi connectivity index (χ0) is 15.5. The minimum atomic E-state index is 0.491. The smallest absolute Gasteiger partial charge is 0.189 e. The molecular formula is C16H16N4OS. The molecule has 0 saturated heterocycles. The topological polar surface area (TPSA) is 62.0 Å². The zero-order valence-electron chi connectivity index (χ0n) is 12.5. The highest BCUT2D eigenvalue weighted by Crippen LogP contribution is 2.27. The Hall–Kier alpha value is -2.26. The van der Waals surface area contributed by atoms with E-state index in [-0.39, 0.29) is 0 Å². The summed E-state index contributed by atoms with van der Waals surface area (Å²) in [7, 11) is 1.94. The molecule has 3 rings (SSSR count). The minimum absolute atomic E-state index is 0.491. The van der Waals surface area contributed by atoms with Gasteiger partial charge in [0.05, 0.1) is 12.8 Å². The number of anilines is 1. The van der Waals surface area contributed by atoms with Crippen LogP contribution in [0.4, 0.5) is 5.82 Å². The minimum Gasteiger partial charge on any atom is -0.493 e. The van der Waals surface area contributed by atoms with Crippen LogP contribution in [-0.4, -0.2) is 29.9 Å². The van der Waals surface area contributed by atoms with Gasteiger partial charge in [-0.25, -0.2) is 9.97 Å². The van der Waals surface area contributed by atoms with Crippen LogP contribution in [0.25, 0.3) is 0 Å². The molecule has 0 aliphatic carbocycles. The highest BCUT2D eigenvalue weighted by atomic mass is 32.2. The first-order chi connectivity index (χ1) is 10.7. The molecule has 0 fully saturated rings. The van der Waals surface area contributed by atoms with Crippen LogP contribution >= 0.6 is 11.8 Å². The van der Waals surface area contributed by atoms with Crippen LogP contribution in [0.15, 0.2) is 29.6 Å². The Kier molecular flexibility index (Phi) is 4.16. The second-order valence-corrected chi connectivity index (χ2v) is 5.88. The van der Waals surface area contributed by atoms with Crippen LogP contribution in [0.2, 0.25) is 0 Å². The van der Waals surface area contributed by atoms with Crippen LogP contribution in [0.5, 0.6) is 5.75 Å². The average molecular weight is 312 g/mol. The fourth-order valence-corrected chi connectivity index (χ4v) is 2.85. The molecule has 2 heterocycles. The molecule has 6 heteroatoms. The van der Waals surface area contributed by atoms with Gasteiger partial charge < -0.3 is 9.64 Å². The van der Waals surface area contributed by atoms with Crippen molar-refractivity contribution < 1.29 is 4.74 Å². The Balaban J connectivity index is 1.85. The molecule has 0 amide bonds. The molecule has 0 unspecified atom stereocenters. The van der Waals surface area contributed by atoms with Crippen molar-refractivity contribution in [1.29, 1.82) is 5.26 Å². The number of nitriles is 1. The van der Waals surface area contributed by atoms with Gasteiger partial charge in [0.25, 0.3) is 0 Å². The molecule has 0 atom stereocenters. The van der Waals surface area contributed by atoms with Crippen molar-refractivity contribution in [3.63, 3.8) is 0 Å². The molecule has 0 bridgehead atoms. The molecule has 22 heavy (non-hydrogen) atoms. The Bertz CT molecular complexity index is 741. The van der Waals surface area contributed by atoms with Gasteiger partial charge in [0, 0.05) is 20.0 Å². The van der Waals surface area contributed by atoms with Crippen LogP contribution in [0.1, 0.15) is 16.7 Å². The lowest BCUT2D eigenvalue weighted by Crippen LogP contribution is -2.19. The zero-order valence-corrected chi connectivity index (χ0v) is 13.4. The van der Waals surface area contributed by atoms with E-state index in [1.54, 1.807) is 6.20 Å². The molecule has 0 spiro atoms. The number of rotatable bonds is 4. The van der Waals surface area contributed by atoms with E-state index in [1.165, 1.54) is 22.9 Å². The highest BCUT2D eigenvalue weighted by molar-refractivity contribution is 7.98. The van der Waals surface area contributed by atoms with Crippen molar-refractivity contribution in [2.24, 2.45) is 0 Å². The first-order valence-electron chi connectivity index (χ1n) is 6.98. The molecule has 1 aliphatic rings. The van der Waals surface area contributed by atoms with Crippen molar-refractivity contribution >= 4 is 17.6 Å². The number of hydrogen-bond acceptors (Lipinski definition) is 6. The lowest BCUT2D eigenvalue weighted by atomic mass is 10.1. The third-order valence-electron chi connectivity index (χ3n) is 3.58. The summed E-state index contributed by atoms with van der Waals surface area (Å²) < 4.78 is 5.53. The van der Waals surface area contributed by atoms with Crippen LogP contribution in [0.3, 0.4) is 0 Å². The van der Waals surface area contributed by atoms with Gasteiger partial charge in [-0.2, -0.15) is 5.26 Å². The van der Waals surface area contributed by atoms with Crippen LogP contribution in [-0.2, 0) is 13.0 Å². The quantitative estimate of drug-likeness (QED) is 0.639. The Labute approximate surface area is 134 Å². The Morgan fingerprint density at radius 3 is 3.09 bits per heavy atom. The molecule has 1 aromatic carbocycles. The first-order valence-corrected chi connectivity index (χ1v) is 8.20. The second-order valence-electron chi connectivity index (χ2n) is 5.10. The SMILES string of the molecule is CSc1ncc(C#N)c(N(C)Cc2ccc3c(c2)CCO3)n1. The van der Waals surface area contributed by atoms with Gasteiger partial charge >= 0.3 is 0 Å². The molecule has 5 nitrogen and oxygen atoms in total. The van der Waals surface area contributed by atoms with Crippen molar-refractivity contribution in [1.82, 2.24) is 9.97 Å². The van der Waals surface area contributed by atoms with E-state index in [1.807, 2.05) is 24.3 Å².